The monoisotopic (exact) mass is 315 g/mol. The summed E-state index contributed by atoms with van der Waals surface area (Å²) in [6, 6.07) is 7.53. The molecule has 2 aromatic rings. The van der Waals surface area contributed by atoms with Crippen LogP contribution >= 0.6 is 38.9 Å². The fourth-order valence-electron chi connectivity index (χ4n) is 1.35. The molecule has 2 rings (SSSR count). The van der Waals surface area contributed by atoms with Crippen LogP contribution in [0.2, 0.25) is 4.34 Å². The van der Waals surface area contributed by atoms with E-state index >= 15 is 0 Å². The fraction of sp³-hybridized carbons (Fsp3) is 0.0909. The molecule has 0 saturated carbocycles. The van der Waals surface area contributed by atoms with Crippen LogP contribution in [-0.4, -0.2) is 11.3 Å². The minimum Gasteiger partial charge on any atom is -0.297 e. The molecule has 0 unspecified atom stereocenters. The normalized spacial score (nSPS) is 10.4. The SMILES string of the molecule is O=Cc1cc(Cc2cccc(Br)n2)c(Cl)s1. The Labute approximate surface area is 110 Å². The van der Waals surface area contributed by atoms with Gasteiger partial charge in [-0.1, -0.05) is 17.7 Å². The van der Waals surface area contributed by atoms with Crippen molar-refractivity contribution < 1.29 is 4.79 Å². The van der Waals surface area contributed by atoms with Gasteiger partial charge in [-0.3, -0.25) is 4.79 Å². The maximum atomic E-state index is 10.6. The van der Waals surface area contributed by atoms with E-state index in [1.54, 1.807) is 0 Å². The van der Waals surface area contributed by atoms with Crippen LogP contribution in [0.1, 0.15) is 20.9 Å². The van der Waals surface area contributed by atoms with Gasteiger partial charge in [0.1, 0.15) is 4.60 Å². The predicted molar refractivity (Wildman–Crippen MR) is 69.5 cm³/mol. The number of thiophene rings is 1. The summed E-state index contributed by atoms with van der Waals surface area (Å²) in [5.74, 6) is 0. The summed E-state index contributed by atoms with van der Waals surface area (Å²) in [7, 11) is 0. The molecule has 0 saturated heterocycles. The highest BCUT2D eigenvalue weighted by atomic mass is 79.9. The van der Waals surface area contributed by atoms with Gasteiger partial charge in [0, 0.05) is 12.1 Å². The standard InChI is InChI=1S/C11H7BrClNOS/c12-10-3-1-2-8(14-10)4-7-5-9(6-15)16-11(7)13/h1-3,5-6H,4H2. The second-order valence-electron chi connectivity index (χ2n) is 3.19. The van der Waals surface area contributed by atoms with E-state index in [1.807, 2.05) is 24.3 Å². The highest BCUT2D eigenvalue weighted by molar-refractivity contribution is 9.10. The van der Waals surface area contributed by atoms with Gasteiger partial charge in [0.05, 0.1) is 9.21 Å². The van der Waals surface area contributed by atoms with E-state index in [9.17, 15) is 4.79 Å². The number of hydrogen-bond acceptors (Lipinski definition) is 3. The van der Waals surface area contributed by atoms with Gasteiger partial charge in [-0.05, 0) is 39.7 Å². The number of halogens is 2. The Bertz CT molecular complexity index is 526. The quantitative estimate of drug-likeness (QED) is 0.633. The lowest BCUT2D eigenvalue weighted by molar-refractivity contribution is 0.112. The van der Waals surface area contributed by atoms with Gasteiger partial charge in [-0.2, -0.15) is 0 Å². The van der Waals surface area contributed by atoms with E-state index in [1.165, 1.54) is 11.3 Å². The molecule has 5 heteroatoms. The van der Waals surface area contributed by atoms with Crippen LogP contribution in [0.15, 0.2) is 28.9 Å². The lowest BCUT2D eigenvalue weighted by Crippen LogP contribution is -1.91. The third kappa shape index (κ3) is 2.70. The van der Waals surface area contributed by atoms with Crippen molar-refractivity contribution >= 4 is 45.2 Å². The van der Waals surface area contributed by atoms with E-state index in [4.69, 9.17) is 11.6 Å². The maximum absolute atomic E-state index is 10.6. The van der Waals surface area contributed by atoms with Gasteiger partial charge in [-0.15, -0.1) is 11.3 Å². The van der Waals surface area contributed by atoms with E-state index in [-0.39, 0.29) is 0 Å². The molecule has 2 heterocycles. The molecule has 2 nitrogen and oxygen atoms in total. The Balaban J connectivity index is 2.26. The maximum Gasteiger partial charge on any atom is 0.160 e. The highest BCUT2D eigenvalue weighted by Crippen LogP contribution is 2.28. The summed E-state index contributed by atoms with van der Waals surface area (Å²) in [5.41, 5.74) is 1.87. The summed E-state index contributed by atoms with van der Waals surface area (Å²) in [5, 5.41) is 0. The van der Waals surface area contributed by atoms with Crippen molar-refractivity contribution in [3.8, 4) is 0 Å². The van der Waals surface area contributed by atoms with Crippen molar-refractivity contribution in [2.45, 2.75) is 6.42 Å². The molecule has 0 spiro atoms. The van der Waals surface area contributed by atoms with Crippen molar-refractivity contribution in [3.63, 3.8) is 0 Å². The molecule has 16 heavy (non-hydrogen) atoms. The summed E-state index contributed by atoms with van der Waals surface area (Å²) in [6.45, 7) is 0. The molecule has 0 atom stereocenters. The van der Waals surface area contributed by atoms with Crippen molar-refractivity contribution in [2.75, 3.05) is 0 Å². The van der Waals surface area contributed by atoms with Crippen LogP contribution in [-0.2, 0) is 6.42 Å². The minimum atomic E-state index is 0.641. The summed E-state index contributed by atoms with van der Waals surface area (Å²) >= 11 is 10.6. The first-order valence-electron chi connectivity index (χ1n) is 4.54. The van der Waals surface area contributed by atoms with Gasteiger partial charge in [0.15, 0.2) is 6.29 Å². The topological polar surface area (TPSA) is 30.0 Å². The lowest BCUT2D eigenvalue weighted by atomic mass is 10.1. The van der Waals surface area contributed by atoms with Gasteiger partial charge in [-0.25, -0.2) is 4.98 Å². The van der Waals surface area contributed by atoms with Gasteiger partial charge < -0.3 is 0 Å². The fourth-order valence-corrected chi connectivity index (χ4v) is 2.84. The third-order valence-corrected chi connectivity index (χ3v) is 3.84. The van der Waals surface area contributed by atoms with Crippen LogP contribution in [0, 0.1) is 0 Å². The second kappa shape index (κ2) is 5.08. The first kappa shape index (κ1) is 11.8. The molecule has 82 valence electrons. The number of pyridine rings is 1. The molecule has 0 aliphatic carbocycles. The Morgan fingerprint density at radius 3 is 2.94 bits per heavy atom. The van der Waals surface area contributed by atoms with Crippen LogP contribution in [0.5, 0.6) is 0 Å². The summed E-state index contributed by atoms with van der Waals surface area (Å²) in [6.07, 6.45) is 1.46. The lowest BCUT2D eigenvalue weighted by Gasteiger charge is -1.99. The van der Waals surface area contributed by atoms with Gasteiger partial charge >= 0.3 is 0 Å². The molecule has 0 bridgehead atoms. The summed E-state index contributed by atoms with van der Waals surface area (Å²) in [4.78, 5) is 15.6. The zero-order valence-corrected chi connectivity index (χ0v) is 11.3. The average Bonchev–Trinajstić information content (AvgIpc) is 2.60. The van der Waals surface area contributed by atoms with Crippen molar-refractivity contribution in [1.29, 1.82) is 0 Å². The average molecular weight is 317 g/mol. The number of rotatable bonds is 3. The molecule has 2 aromatic heterocycles. The number of aldehydes is 1. The molecule has 0 amide bonds. The van der Waals surface area contributed by atoms with Gasteiger partial charge in [0.25, 0.3) is 0 Å². The zero-order valence-electron chi connectivity index (χ0n) is 8.11. The molecular weight excluding hydrogens is 310 g/mol. The number of hydrogen-bond donors (Lipinski definition) is 0. The van der Waals surface area contributed by atoms with Crippen LogP contribution in [0.3, 0.4) is 0 Å². The smallest absolute Gasteiger partial charge is 0.160 e. The van der Waals surface area contributed by atoms with Crippen LogP contribution < -0.4 is 0 Å². The molecule has 0 aliphatic rings. The van der Waals surface area contributed by atoms with Gasteiger partial charge in [0.2, 0.25) is 0 Å². The third-order valence-electron chi connectivity index (χ3n) is 2.04. The van der Waals surface area contributed by atoms with E-state index in [0.29, 0.717) is 15.6 Å². The zero-order chi connectivity index (χ0) is 11.5. The predicted octanol–water partition coefficient (Wildman–Crippen LogP) is 3.96. The van der Waals surface area contributed by atoms with E-state index in [2.05, 4.69) is 20.9 Å². The Morgan fingerprint density at radius 1 is 1.50 bits per heavy atom. The van der Waals surface area contributed by atoms with E-state index < -0.39 is 0 Å². The highest BCUT2D eigenvalue weighted by Gasteiger charge is 2.08. The van der Waals surface area contributed by atoms with E-state index in [0.717, 1.165) is 22.1 Å². The van der Waals surface area contributed by atoms with Crippen LogP contribution in [0.25, 0.3) is 0 Å². The Morgan fingerprint density at radius 2 is 2.31 bits per heavy atom. The molecule has 0 aromatic carbocycles. The van der Waals surface area contributed by atoms with Crippen molar-refractivity contribution in [2.24, 2.45) is 0 Å². The second-order valence-corrected chi connectivity index (χ2v) is 5.69. The number of carbonyl (C=O) groups is 1. The van der Waals surface area contributed by atoms with Crippen molar-refractivity contribution in [3.05, 3.63) is 49.3 Å². The number of aromatic nitrogens is 1. The number of carbonyl (C=O) groups excluding carboxylic acids is 1. The molecule has 0 aliphatic heterocycles. The molecular formula is C11H7BrClNOS. The number of nitrogens with zero attached hydrogens (tertiary/aromatic N) is 1. The molecule has 0 N–H and O–H groups in total. The Kier molecular flexibility index (Phi) is 3.74. The molecule has 0 fully saturated rings. The molecule has 0 radical (unpaired) electrons. The minimum absolute atomic E-state index is 0.641. The first-order chi connectivity index (χ1) is 7.69. The van der Waals surface area contributed by atoms with Crippen molar-refractivity contribution in [1.82, 2.24) is 4.98 Å². The first-order valence-corrected chi connectivity index (χ1v) is 6.52. The van der Waals surface area contributed by atoms with Crippen LogP contribution in [0.4, 0.5) is 0 Å². The summed E-state index contributed by atoms with van der Waals surface area (Å²) < 4.78 is 1.45. The Hall–Kier alpha value is -0.710. The largest absolute Gasteiger partial charge is 0.297 e.